The summed E-state index contributed by atoms with van der Waals surface area (Å²) in [5.41, 5.74) is 2.33. The standard InChI is InChI=1S/C18H25N3O.2ClH/c1-3-6-17(20-11-9-19-10-12-20)16-13-21(14(2)22)18-8-5-4-7-15(16)18;;/h4-5,7-8,13,17,19H,3,6,9-12H2,1-2H3;2*1H/t17-;;/m1../s1. The molecule has 1 aromatic heterocycles. The largest absolute Gasteiger partial charge is 0.314 e. The van der Waals surface area contributed by atoms with Crippen LogP contribution in [-0.2, 0) is 0 Å². The average molecular weight is 372 g/mol. The zero-order valence-corrected chi connectivity index (χ0v) is 16.0. The van der Waals surface area contributed by atoms with Gasteiger partial charge in [-0.05, 0) is 18.1 Å². The van der Waals surface area contributed by atoms with E-state index in [1.54, 1.807) is 11.5 Å². The molecule has 0 amide bonds. The summed E-state index contributed by atoms with van der Waals surface area (Å²) in [5.74, 6) is 0.0815. The molecule has 1 atom stereocenters. The van der Waals surface area contributed by atoms with Crippen LogP contribution < -0.4 is 5.32 Å². The summed E-state index contributed by atoms with van der Waals surface area (Å²) in [6, 6.07) is 8.66. The van der Waals surface area contributed by atoms with Crippen LogP contribution in [0.1, 0.15) is 43.1 Å². The van der Waals surface area contributed by atoms with Gasteiger partial charge >= 0.3 is 0 Å². The first-order valence-corrected chi connectivity index (χ1v) is 8.28. The fourth-order valence-electron chi connectivity index (χ4n) is 3.53. The van der Waals surface area contributed by atoms with Gasteiger partial charge in [-0.1, -0.05) is 31.5 Å². The molecule has 0 aliphatic carbocycles. The van der Waals surface area contributed by atoms with Gasteiger partial charge in [0, 0.05) is 50.7 Å². The number of carbonyl (C=O) groups is 1. The number of nitrogens with one attached hydrogen (secondary N) is 1. The van der Waals surface area contributed by atoms with Crippen molar-refractivity contribution >= 4 is 41.6 Å². The SMILES string of the molecule is CCC[C@H](c1cn(C(C)=O)c2ccccc12)N1CCNCC1.Cl.Cl. The Bertz CT molecular complexity index is 665. The van der Waals surface area contributed by atoms with Crippen LogP contribution in [-0.4, -0.2) is 41.6 Å². The number of carbonyl (C=O) groups excluding carboxylic acids is 1. The van der Waals surface area contributed by atoms with Crippen LogP contribution in [0.4, 0.5) is 0 Å². The smallest absolute Gasteiger partial charge is 0.227 e. The highest BCUT2D eigenvalue weighted by Crippen LogP contribution is 2.33. The molecule has 0 bridgehead atoms. The number of nitrogens with zero attached hydrogens (tertiary/aromatic N) is 2. The van der Waals surface area contributed by atoms with Crippen LogP contribution in [0.5, 0.6) is 0 Å². The third-order valence-corrected chi connectivity index (χ3v) is 4.60. The maximum Gasteiger partial charge on any atom is 0.227 e. The summed E-state index contributed by atoms with van der Waals surface area (Å²) in [5, 5.41) is 4.64. The quantitative estimate of drug-likeness (QED) is 0.885. The van der Waals surface area contributed by atoms with Crippen LogP contribution in [0.2, 0.25) is 0 Å². The molecular weight excluding hydrogens is 345 g/mol. The number of para-hydroxylation sites is 1. The number of rotatable bonds is 4. The van der Waals surface area contributed by atoms with Gasteiger partial charge in [0.05, 0.1) is 5.52 Å². The van der Waals surface area contributed by atoms with Crippen molar-refractivity contribution in [3.63, 3.8) is 0 Å². The monoisotopic (exact) mass is 371 g/mol. The van der Waals surface area contributed by atoms with Crippen molar-refractivity contribution < 1.29 is 4.79 Å². The second kappa shape index (κ2) is 9.42. The Morgan fingerprint density at radius 2 is 1.88 bits per heavy atom. The Balaban J connectivity index is 0.00000144. The summed E-state index contributed by atoms with van der Waals surface area (Å²) in [7, 11) is 0. The minimum atomic E-state index is 0. The van der Waals surface area contributed by atoms with Crippen molar-refractivity contribution in [1.29, 1.82) is 0 Å². The van der Waals surface area contributed by atoms with Crippen molar-refractivity contribution in [2.75, 3.05) is 26.2 Å². The second-order valence-electron chi connectivity index (χ2n) is 6.08. The summed E-state index contributed by atoms with van der Waals surface area (Å²) >= 11 is 0. The molecule has 0 radical (unpaired) electrons. The van der Waals surface area contributed by atoms with Gasteiger partial charge in [-0.15, -0.1) is 24.8 Å². The molecule has 1 N–H and O–H groups in total. The Kier molecular flexibility index (Phi) is 8.23. The molecule has 0 saturated carbocycles. The fraction of sp³-hybridized carbons (Fsp3) is 0.500. The molecule has 3 rings (SSSR count). The number of hydrogen-bond donors (Lipinski definition) is 1. The number of hydrogen-bond acceptors (Lipinski definition) is 3. The van der Waals surface area contributed by atoms with Gasteiger partial charge in [-0.2, -0.15) is 0 Å². The average Bonchev–Trinajstić information content (AvgIpc) is 2.93. The third-order valence-electron chi connectivity index (χ3n) is 4.60. The van der Waals surface area contributed by atoms with Gasteiger partial charge in [0.2, 0.25) is 5.91 Å². The highest BCUT2D eigenvalue weighted by Gasteiger charge is 2.25. The highest BCUT2D eigenvalue weighted by molar-refractivity contribution is 5.93. The number of halogens is 2. The van der Waals surface area contributed by atoms with Gasteiger partial charge in [0.1, 0.15) is 0 Å². The molecule has 24 heavy (non-hydrogen) atoms. The Morgan fingerprint density at radius 1 is 1.21 bits per heavy atom. The summed E-state index contributed by atoms with van der Waals surface area (Å²) in [4.78, 5) is 14.5. The molecular formula is C18H27Cl2N3O. The zero-order chi connectivity index (χ0) is 15.5. The molecule has 134 valence electrons. The van der Waals surface area contributed by atoms with Crippen LogP contribution >= 0.6 is 24.8 Å². The molecule has 1 aliphatic heterocycles. The van der Waals surface area contributed by atoms with E-state index in [-0.39, 0.29) is 30.7 Å². The Labute approximate surface area is 156 Å². The number of aromatic nitrogens is 1. The van der Waals surface area contributed by atoms with Crippen molar-refractivity contribution in [2.45, 2.75) is 32.7 Å². The Morgan fingerprint density at radius 3 is 2.50 bits per heavy atom. The van der Waals surface area contributed by atoms with E-state index in [0.717, 1.165) is 44.5 Å². The first-order chi connectivity index (χ1) is 10.7. The minimum absolute atomic E-state index is 0. The van der Waals surface area contributed by atoms with Crippen LogP contribution in [0.3, 0.4) is 0 Å². The molecule has 1 aliphatic rings. The van der Waals surface area contributed by atoms with Crippen LogP contribution in [0.15, 0.2) is 30.5 Å². The van der Waals surface area contributed by atoms with E-state index in [2.05, 4.69) is 35.5 Å². The third kappa shape index (κ3) is 4.12. The molecule has 1 fully saturated rings. The first kappa shape index (κ1) is 21.0. The first-order valence-electron chi connectivity index (χ1n) is 8.28. The molecule has 2 aromatic rings. The minimum Gasteiger partial charge on any atom is -0.314 e. The van der Waals surface area contributed by atoms with Crippen molar-refractivity contribution in [3.8, 4) is 0 Å². The number of piperazine rings is 1. The van der Waals surface area contributed by atoms with E-state index >= 15 is 0 Å². The van der Waals surface area contributed by atoms with Crippen LogP contribution in [0, 0.1) is 0 Å². The van der Waals surface area contributed by atoms with E-state index in [0.29, 0.717) is 6.04 Å². The molecule has 0 spiro atoms. The van der Waals surface area contributed by atoms with Gasteiger partial charge in [-0.3, -0.25) is 14.3 Å². The van der Waals surface area contributed by atoms with Gasteiger partial charge in [0.25, 0.3) is 0 Å². The lowest BCUT2D eigenvalue weighted by Crippen LogP contribution is -2.45. The maximum atomic E-state index is 12.0. The molecule has 1 saturated heterocycles. The fourth-order valence-corrected chi connectivity index (χ4v) is 3.53. The maximum absolute atomic E-state index is 12.0. The van der Waals surface area contributed by atoms with E-state index in [9.17, 15) is 4.79 Å². The second-order valence-corrected chi connectivity index (χ2v) is 6.08. The highest BCUT2D eigenvalue weighted by atomic mass is 35.5. The summed E-state index contributed by atoms with van der Waals surface area (Å²) in [6.45, 7) is 8.11. The van der Waals surface area contributed by atoms with Crippen molar-refractivity contribution in [3.05, 3.63) is 36.0 Å². The van der Waals surface area contributed by atoms with Gasteiger partial charge < -0.3 is 5.32 Å². The van der Waals surface area contributed by atoms with Crippen molar-refractivity contribution in [2.24, 2.45) is 0 Å². The lowest BCUT2D eigenvalue weighted by atomic mass is 9.99. The van der Waals surface area contributed by atoms with E-state index in [1.165, 1.54) is 10.9 Å². The zero-order valence-electron chi connectivity index (χ0n) is 14.3. The number of benzene rings is 1. The molecule has 0 unspecified atom stereocenters. The molecule has 6 heteroatoms. The topological polar surface area (TPSA) is 37.3 Å². The van der Waals surface area contributed by atoms with Gasteiger partial charge in [0.15, 0.2) is 0 Å². The lowest BCUT2D eigenvalue weighted by Gasteiger charge is -2.35. The van der Waals surface area contributed by atoms with Crippen molar-refractivity contribution in [1.82, 2.24) is 14.8 Å². The molecule has 1 aromatic carbocycles. The predicted octanol–water partition coefficient (Wildman–Crippen LogP) is 3.89. The predicted molar refractivity (Wildman–Crippen MR) is 105 cm³/mol. The number of fused-ring (bicyclic) bond motifs is 1. The van der Waals surface area contributed by atoms with E-state index in [4.69, 9.17) is 0 Å². The Hall–Kier alpha value is -1.07. The summed E-state index contributed by atoms with van der Waals surface area (Å²) < 4.78 is 1.80. The summed E-state index contributed by atoms with van der Waals surface area (Å²) in [6.07, 6.45) is 4.34. The normalized spacial score (nSPS) is 16.2. The molecule has 2 heterocycles. The lowest BCUT2D eigenvalue weighted by molar-refractivity contribution is 0.0941. The van der Waals surface area contributed by atoms with Crippen LogP contribution in [0.25, 0.3) is 10.9 Å². The van der Waals surface area contributed by atoms with Gasteiger partial charge in [-0.25, -0.2) is 0 Å². The molecule has 4 nitrogen and oxygen atoms in total. The van der Waals surface area contributed by atoms with E-state index < -0.39 is 0 Å². The van der Waals surface area contributed by atoms with E-state index in [1.807, 2.05) is 12.1 Å².